The summed E-state index contributed by atoms with van der Waals surface area (Å²) in [5.41, 5.74) is 1.20. The fraction of sp³-hybridized carbons (Fsp3) is 0.174. The van der Waals surface area contributed by atoms with Crippen LogP contribution in [0.2, 0.25) is 0 Å². The molecular formula is C23H20F2N6O2. The molecule has 0 bridgehead atoms. The van der Waals surface area contributed by atoms with E-state index in [2.05, 4.69) is 20.3 Å². The Morgan fingerprint density at radius 1 is 1.06 bits per heavy atom. The quantitative estimate of drug-likeness (QED) is 0.485. The molecule has 8 nitrogen and oxygen atoms in total. The molecule has 1 N–H and O–H groups in total. The molecule has 0 aliphatic carbocycles. The number of nitrogens with one attached hydrogen (secondary N) is 1. The minimum Gasteiger partial charge on any atom is -0.362 e. The van der Waals surface area contributed by atoms with Crippen molar-refractivity contribution in [2.24, 2.45) is 0 Å². The van der Waals surface area contributed by atoms with Gasteiger partial charge in [0, 0.05) is 32.2 Å². The summed E-state index contributed by atoms with van der Waals surface area (Å²) in [5.74, 6) is -1.83. The highest BCUT2D eigenvalue weighted by atomic mass is 19.2. The number of halogens is 2. The Morgan fingerprint density at radius 3 is 2.61 bits per heavy atom. The molecule has 1 amide bonds. The number of anilines is 1. The van der Waals surface area contributed by atoms with Crippen molar-refractivity contribution in [1.82, 2.24) is 24.8 Å². The van der Waals surface area contributed by atoms with Crippen molar-refractivity contribution in [3.8, 4) is 0 Å². The molecule has 4 aromatic rings. The Hall–Kier alpha value is -4.21. The van der Waals surface area contributed by atoms with Crippen LogP contribution in [0, 0.1) is 11.6 Å². The Labute approximate surface area is 187 Å². The van der Waals surface area contributed by atoms with Crippen LogP contribution < -0.4 is 15.8 Å². The fourth-order valence-corrected chi connectivity index (χ4v) is 3.39. The summed E-state index contributed by atoms with van der Waals surface area (Å²) >= 11 is 0. The molecule has 168 valence electrons. The number of carbonyl (C=O) groups excluding carboxylic acids is 1. The number of hydrogen-bond donors (Lipinski definition) is 1. The van der Waals surface area contributed by atoms with E-state index in [9.17, 15) is 18.4 Å². The third-order valence-corrected chi connectivity index (χ3v) is 5.04. The summed E-state index contributed by atoms with van der Waals surface area (Å²) in [6.45, 7) is 0.121. The summed E-state index contributed by atoms with van der Waals surface area (Å²) < 4.78 is 27.8. The normalized spacial score (nSPS) is 10.9. The molecule has 0 radical (unpaired) electrons. The first kappa shape index (κ1) is 22.0. The van der Waals surface area contributed by atoms with E-state index in [1.165, 1.54) is 24.9 Å². The standard InChI is InChI=1S/C23H20F2N6O2/c1-30(2)21-16-7-14(4-6-20(16)28-12-29-21)9-27-22(32)17-10-26-13-31(23(17)33)11-15-3-5-18(24)19(25)8-15/h3-8,10,12-13H,9,11H2,1-2H3,(H,27,32). The van der Waals surface area contributed by atoms with E-state index in [1.54, 1.807) is 0 Å². The second-order valence-corrected chi connectivity index (χ2v) is 7.61. The number of nitrogens with zero attached hydrogens (tertiary/aromatic N) is 5. The lowest BCUT2D eigenvalue weighted by Crippen LogP contribution is -2.33. The molecule has 0 saturated heterocycles. The predicted octanol–water partition coefficient (Wildman–Crippen LogP) is 2.51. The van der Waals surface area contributed by atoms with Crippen LogP contribution in [0.15, 0.2) is 60.0 Å². The third kappa shape index (κ3) is 4.69. The van der Waals surface area contributed by atoms with Crippen molar-refractivity contribution in [1.29, 1.82) is 0 Å². The number of rotatable bonds is 6. The Balaban J connectivity index is 1.52. The van der Waals surface area contributed by atoms with Crippen LogP contribution >= 0.6 is 0 Å². The Kier molecular flexibility index (Phi) is 6.07. The number of hydrogen-bond acceptors (Lipinski definition) is 6. The van der Waals surface area contributed by atoms with Gasteiger partial charge in [-0.25, -0.2) is 23.7 Å². The average molecular weight is 450 g/mol. The number of fused-ring (bicyclic) bond motifs is 1. The molecule has 0 atom stereocenters. The molecule has 4 rings (SSSR count). The maximum atomic E-state index is 13.5. The molecule has 2 heterocycles. The molecule has 0 unspecified atom stereocenters. The molecule has 2 aromatic heterocycles. The van der Waals surface area contributed by atoms with Gasteiger partial charge in [-0.05, 0) is 35.4 Å². The van der Waals surface area contributed by atoms with Crippen molar-refractivity contribution < 1.29 is 13.6 Å². The molecule has 0 saturated carbocycles. The first-order valence-corrected chi connectivity index (χ1v) is 10.0. The van der Waals surface area contributed by atoms with Crippen molar-refractivity contribution in [3.05, 3.63) is 93.9 Å². The van der Waals surface area contributed by atoms with Gasteiger partial charge in [-0.1, -0.05) is 12.1 Å². The summed E-state index contributed by atoms with van der Waals surface area (Å²) in [6, 6.07) is 8.90. The number of amides is 1. The first-order valence-electron chi connectivity index (χ1n) is 10.0. The third-order valence-electron chi connectivity index (χ3n) is 5.04. The van der Waals surface area contributed by atoms with E-state index in [4.69, 9.17) is 0 Å². The van der Waals surface area contributed by atoms with Gasteiger partial charge in [0.2, 0.25) is 0 Å². The van der Waals surface area contributed by atoms with Crippen LogP contribution in [0.1, 0.15) is 21.5 Å². The topological polar surface area (TPSA) is 93.0 Å². The molecule has 33 heavy (non-hydrogen) atoms. The lowest BCUT2D eigenvalue weighted by atomic mass is 10.1. The zero-order valence-corrected chi connectivity index (χ0v) is 17.9. The van der Waals surface area contributed by atoms with Gasteiger partial charge < -0.3 is 10.2 Å². The van der Waals surface area contributed by atoms with Gasteiger partial charge in [0.05, 0.1) is 18.4 Å². The van der Waals surface area contributed by atoms with Gasteiger partial charge in [0.25, 0.3) is 11.5 Å². The highest BCUT2D eigenvalue weighted by molar-refractivity contribution is 5.93. The second kappa shape index (κ2) is 9.11. The van der Waals surface area contributed by atoms with Crippen LogP contribution in [-0.4, -0.2) is 39.5 Å². The minimum atomic E-state index is -1.01. The summed E-state index contributed by atoms with van der Waals surface area (Å²) in [5, 5.41) is 3.56. The molecule has 0 aliphatic heterocycles. The molecule has 0 spiro atoms. The van der Waals surface area contributed by atoms with Crippen LogP contribution in [-0.2, 0) is 13.1 Å². The van der Waals surface area contributed by atoms with Crippen molar-refractivity contribution in [2.75, 3.05) is 19.0 Å². The van der Waals surface area contributed by atoms with Crippen molar-refractivity contribution in [2.45, 2.75) is 13.1 Å². The van der Waals surface area contributed by atoms with Gasteiger partial charge in [0.15, 0.2) is 11.6 Å². The first-order chi connectivity index (χ1) is 15.8. The zero-order valence-electron chi connectivity index (χ0n) is 17.9. The highest BCUT2D eigenvalue weighted by Gasteiger charge is 2.14. The van der Waals surface area contributed by atoms with Crippen molar-refractivity contribution >= 4 is 22.6 Å². The van der Waals surface area contributed by atoms with Gasteiger partial charge in [-0.2, -0.15) is 0 Å². The van der Waals surface area contributed by atoms with Crippen LogP contribution in [0.25, 0.3) is 10.9 Å². The van der Waals surface area contributed by atoms with Gasteiger partial charge in [-0.15, -0.1) is 0 Å². The lowest BCUT2D eigenvalue weighted by molar-refractivity contribution is 0.0948. The molecule has 2 aromatic carbocycles. The fourth-order valence-electron chi connectivity index (χ4n) is 3.39. The number of benzene rings is 2. The smallest absolute Gasteiger partial charge is 0.266 e. The van der Waals surface area contributed by atoms with E-state index in [-0.39, 0.29) is 18.7 Å². The van der Waals surface area contributed by atoms with E-state index in [1.807, 2.05) is 37.2 Å². The summed E-state index contributed by atoms with van der Waals surface area (Å²) in [6.07, 6.45) is 3.91. The lowest BCUT2D eigenvalue weighted by Gasteiger charge is -2.14. The molecule has 0 aliphatic rings. The van der Waals surface area contributed by atoms with E-state index < -0.39 is 23.1 Å². The summed E-state index contributed by atoms with van der Waals surface area (Å²) in [4.78, 5) is 39.8. The van der Waals surface area contributed by atoms with Crippen LogP contribution in [0.4, 0.5) is 14.6 Å². The Bertz CT molecular complexity index is 1400. The molecular weight excluding hydrogens is 430 g/mol. The van der Waals surface area contributed by atoms with E-state index >= 15 is 0 Å². The maximum absolute atomic E-state index is 13.5. The second-order valence-electron chi connectivity index (χ2n) is 7.61. The van der Waals surface area contributed by atoms with E-state index in [0.29, 0.717) is 5.56 Å². The maximum Gasteiger partial charge on any atom is 0.266 e. The minimum absolute atomic E-state index is 0.0534. The SMILES string of the molecule is CN(C)c1ncnc2ccc(CNC(=O)c3cncn(Cc4ccc(F)c(F)c4)c3=O)cc12. The van der Waals surface area contributed by atoms with Crippen LogP contribution in [0.3, 0.4) is 0 Å². The number of carbonyl (C=O) groups is 1. The predicted molar refractivity (Wildman–Crippen MR) is 119 cm³/mol. The number of aromatic nitrogens is 4. The highest BCUT2D eigenvalue weighted by Crippen LogP contribution is 2.22. The zero-order chi connectivity index (χ0) is 23.5. The van der Waals surface area contributed by atoms with E-state index in [0.717, 1.165) is 39.0 Å². The van der Waals surface area contributed by atoms with Crippen molar-refractivity contribution in [3.63, 3.8) is 0 Å². The molecule has 10 heteroatoms. The van der Waals surface area contributed by atoms with Gasteiger partial charge in [0.1, 0.15) is 17.7 Å². The van der Waals surface area contributed by atoms with Gasteiger partial charge >= 0.3 is 0 Å². The largest absolute Gasteiger partial charge is 0.362 e. The average Bonchev–Trinajstić information content (AvgIpc) is 2.80. The molecule has 0 fully saturated rings. The summed E-state index contributed by atoms with van der Waals surface area (Å²) in [7, 11) is 3.76. The van der Waals surface area contributed by atoms with Crippen LogP contribution in [0.5, 0.6) is 0 Å². The van der Waals surface area contributed by atoms with Gasteiger partial charge in [-0.3, -0.25) is 14.2 Å². The monoisotopic (exact) mass is 450 g/mol. The Morgan fingerprint density at radius 2 is 1.85 bits per heavy atom.